The average molecular weight is 299 g/mol. The number of aromatic nitrogens is 1. The van der Waals surface area contributed by atoms with Crippen molar-refractivity contribution in [2.24, 2.45) is 0 Å². The molecule has 0 radical (unpaired) electrons. The van der Waals surface area contributed by atoms with Gasteiger partial charge in [0.05, 0.1) is 17.6 Å². The number of nitrogens with zero attached hydrogens (tertiary/aromatic N) is 2. The van der Waals surface area contributed by atoms with Crippen LogP contribution in [0.5, 0.6) is 0 Å². The van der Waals surface area contributed by atoms with Crippen molar-refractivity contribution in [1.82, 2.24) is 4.98 Å². The van der Waals surface area contributed by atoms with Gasteiger partial charge in [0.2, 0.25) is 0 Å². The number of halogens is 4. The molecule has 7 heteroatoms. The van der Waals surface area contributed by atoms with Gasteiger partial charge >= 0.3 is 6.18 Å². The first kappa shape index (κ1) is 15.1. The first-order chi connectivity index (χ1) is 9.82. The number of hydrogen-bond donors (Lipinski definition) is 1. The summed E-state index contributed by atoms with van der Waals surface area (Å²) in [4.78, 5) is 4.86. The van der Waals surface area contributed by atoms with Crippen LogP contribution in [-0.4, -0.2) is 11.5 Å². The molecule has 0 bridgehead atoms. The summed E-state index contributed by atoms with van der Waals surface area (Å²) >= 11 is 0. The Labute approximate surface area is 119 Å². The summed E-state index contributed by atoms with van der Waals surface area (Å²) in [5.74, 6) is -0.423. The predicted molar refractivity (Wildman–Crippen MR) is 72.7 cm³/mol. The second kappa shape index (κ2) is 5.59. The Hall–Kier alpha value is -2.31. The Morgan fingerprint density at radius 1 is 1.19 bits per heavy atom. The molecular formula is C14H13F4N3. The number of anilines is 3. The zero-order valence-corrected chi connectivity index (χ0v) is 11.2. The number of benzene rings is 1. The monoisotopic (exact) mass is 299 g/mol. The van der Waals surface area contributed by atoms with Gasteiger partial charge in [-0.2, -0.15) is 13.2 Å². The van der Waals surface area contributed by atoms with Crippen LogP contribution >= 0.6 is 0 Å². The van der Waals surface area contributed by atoms with Crippen molar-refractivity contribution in [3.8, 4) is 0 Å². The Bertz CT molecular complexity index is 623. The molecule has 0 unspecified atom stereocenters. The third-order valence-corrected chi connectivity index (χ3v) is 2.95. The first-order valence-corrected chi connectivity index (χ1v) is 6.18. The van der Waals surface area contributed by atoms with Gasteiger partial charge in [-0.1, -0.05) is 0 Å². The minimum atomic E-state index is -4.55. The molecule has 2 rings (SSSR count). The zero-order valence-electron chi connectivity index (χ0n) is 11.2. The number of nitrogens with two attached hydrogens (primary N) is 1. The highest BCUT2D eigenvalue weighted by Crippen LogP contribution is 2.35. The minimum Gasteiger partial charge on any atom is -0.396 e. The molecule has 0 aliphatic carbocycles. The Kier molecular flexibility index (Phi) is 4.02. The molecule has 0 aliphatic rings. The van der Waals surface area contributed by atoms with E-state index < -0.39 is 17.7 Å². The maximum Gasteiger partial charge on any atom is 0.433 e. The molecule has 2 aromatic rings. The van der Waals surface area contributed by atoms with Gasteiger partial charge in [-0.15, -0.1) is 0 Å². The van der Waals surface area contributed by atoms with Crippen LogP contribution in [0, 0.1) is 5.82 Å². The number of rotatable bonds is 3. The van der Waals surface area contributed by atoms with Crippen molar-refractivity contribution < 1.29 is 17.6 Å². The molecule has 2 N–H and O–H groups in total. The molecule has 0 atom stereocenters. The highest BCUT2D eigenvalue weighted by molar-refractivity contribution is 5.74. The summed E-state index contributed by atoms with van der Waals surface area (Å²) in [5.41, 5.74) is 5.56. The van der Waals surface area contributed by atoms with Gasteiger partial charge < -0.3 is 10.6 Å². The molecule has 1 aromatic heterocycles. The van der Waals surface area contributed by atoms with Gasteiger partial charge in [-0.05, 0) is 37.3 Å². The van der Waals surface area contributed by atoms with Gasteiger partial charge in [-0.3, -0.25) is 0 Å². The van der Waals surface area contributed by atoms with Crippen molar-refractivity contribution in [1.29, 1.82) is 0 Å². The summed E-state index contributed by atoms with van der Waals surface area (Å²) in [6.45, 7) is 2.13. The molecule has 0 spiro atoms. The lowest BCUT2D eigenvalue weighted by molar-refractivity contribution is -0.141. The number of nitrogen functional groups attached to an aromatic ring is 1. The summed E-state index contributed by atoms with van der Waals surface area (Å²) < 4.78 is 51.2. The van der Waals surface area contributed by atoms with Crippen LogP contribution in [0.2, 0.25) is 0 Å². The lowest BCUT2D eigenvalue weighted by Gasteiger charge is -2.25. The van der Waals surface area contributed by atoms with Crippen LogP contribution < -0.4 is 10.6 Å². The molecule has 1 aromatic carbocycles. The van der Waals surface area contributed by atoms with Crippen molar-refractivity contribution in [2.75, 3.05) is 17.2 Å². The van der Waals surface area contributed by atoms with Crippen molar-refractivity contribution in [2.45, 2.75) is 13.1 Å². The third-order valence-electron chi connectivity index (χ3n) is 2.95. The van der Waals surface area contributed by atoms with E-state index in [0.29, 0.717) is 12.2 Å². The second-order valence-corrected chi connectivity index (χ2v) is 4.35. The van der Waals surface area contributed by atoms with E-state index in [1.807, 2.05) is 0 Å². The SMILES string of the molecule is CCN(c1ccc(F)cc1)c1cc(C(F)(F)F)ncc1N. The Morgan fingerprint density at radius 3 is 2.33 bits per heavy atom. The average Bonchev–Trinajstić information content (AvgIpc) is 2.42. The van der Waals surface area contributed by atoms with Gasteiger partial charge in [0.15, 0.2) is 0 Å². The third kappa shape index (κ3) is 3.24. The number of hydrogen-bond acceptors (Lipinski definition) is 3. The van der Waals surface area contributed by atoms with Crippen LogP contribution in [-0.2, 0) is 6.18 Å². The van der Waals surface area contributed by atoms with E-state index in [1.54, 1.807) is 11.8 Å². The van der Waals surface area contributed by atoms with Crippen LogP contribution in [0.3, 0.4) is 0 Å². The summed E-state index contributed by atoms with van der Waals surface area (Å²) in [6, 6.07) is 6.32. The van der Waals surface area contributed by atoms with E-state index in [1.165, 1.54) is 24.3 Å². The highest BCUT2D eigenvalue weighted by Gasteiger charge is 2.33. The Balaban J connectivity index is 2.49. The Morgan fingerprint density at radius 2 is 1.81 bits per heavy atom. The van der Waals surface area contributed by atoms with Crippen LogP contribution in [0.15, 0.2) is 36.5 Å². The quantitative estimate of drug-likeness (QED) is 0.872. The van der Waals surface area contributed by atoms with E-state index in [-0.39, 0.29) is 11.4 Å². The van der Waals surface area contributed by atoms with Gasteiger partial charge in [0, 0.05) is 12.2 Å². The van der Waals surface area contributed by atoms with Crippen LogP contribution in [0.1, 0.15) is 12.6 Å². The van der Waals surface area contributed by atoms with E-state index in [2.05, 4.69) is 4.98 Å². The van der Waals surface area contributed by atoms with E-state index >= 15 is 0 Å². The minimum absolute atomic E-state index is 0.120. The molecular weight excluding hydrogens is 286 g/mol. The summed E-state index contributed by atoms with van der Waals surface area (Å²) in [7, 11) is 0. The summed E-state index contributed by atoms with van der Waals surface area (Å²) in [6.07, 6.45) is -3.57. The molecule has 112 valence electrons. The van der Waals surface area contributed by atoms with Gasteiger partial charge in [0.25, 0.3) is 0 Å². The van der Waals surface area contributed by atoms with E-state index in [4.69, 9.17) is 5.73 Å². The second-order valence-electron chi connectivity index (χ2n) is 4.35. The fraction of sp³-hybridized carbons (Fsp3) is 0.214. The molecule has 0 aliphatic heterocycles. The highest BCUT2D eigenvalue weighted by atomic mass is 19.4. The zero-order chi connectivity index (χ0) is 15.6. The van der Waals surface area contributed by atoms with Crippen molar-refractivity contribution in [3.63, 3.8) is 0 Å². The maximum absolute atomic E-state index is 13.0. The molecule has 0 amide bonds. The predicted octanol–water partition coefficient (Wildman–Crippen LogP) is 3.98. The molecule has 1 heterocycles. The molecule has 21 heavy (non-hydrogen) atoms. The lowest BCUT2D eigenvalue weighted by Crippen LogP contribution is -2.19. The molecule has 0 saturated carbocycles. The molecule has 0 saturated heterocycles. The normalized spacial score (nSPS) is 11.5. The smallest absolute Gasteiger partial charge is 0.396 e. The fourth-order valence-electron chi connectivity index (χ4n) is 1.96. The maximum atomic E-state index is 13.0. The largest absolute Gasteiger partial charge is 0.433 e. The van der Waals surface area contributed by atoms with Crippen LogP contribution in [0.4, 0.5) is 34.6 Å². The molecule has 0 fully saturated rings. The lowest BCUT2D eigenvalue weighted by atomic mass is 10.2. The fourth-order valence-corrected chi connectivity index (χ4v) is 1.96. The molecule has 3 nitrogen and oxygen atoms in total. The van der Waals surface area contributed by atoms with Gasteiger partial charge in [-0.25, -0.2) is 9.37 Å². The van der Waals surface area contributed by atoms with E-state index in [9.17, 15) is 17.6 Å². The van der Waals surface area contributed by atoms with Crippen molar-refractivity contribution in [3.05, 3.63) is 48.0 Å². The summed E-state index contributed by atoms with van der Waals surface area (Å²) in [5, 5.41) is 0. The van der Waals surface area contributed by atoms with Gasteiger partial charge in [0.1, 0.15) is 11.5 Å². The van der Waals surface area contributed by atoms with Crippen LogP contribution in [0.25, 0.3) is 0 Å². The first-order valence-electron chi connectivity index (χ1n) is 6.18. The number of alkyl halides is 3. The van der Waals surface area contributed by atoms with Crippen molar-refractivity contribution >= 4 is 17.1 Å². The topological polar surface area (TPSA) is 42.2 Å². The standard InChI is InChI=1S/C14H13F4N3/c1-2-21(10-5-3-9(15)4-6-10)12-7-13(14(16,17)18)20-8-11(12)19/h3-8H,2,19H2,1H3. The van der Waals surface area contributed by atoms with E-state index in [0.717, 1.165) is 12.3 Å². The number of pyridine rings is 1.